The van der Waals surface area contributed by atoms with Crippen LogP contribution in [-0.4, -0.2) is 54.4 Å². The molecule has 2 heterocycles. The van der Waals surface area contributed by atoms with E-state index < -0.39 is 0 Å². The summed E-state index contributed by atoms with van der Waals surface area (Å²) >= 11 is 0. The minimum atomic E-state index is 0.819. The summed E-state index contributed by atoms with van der Waals surface area (Å²) in [6.07, 6.45) is 6.68. The van der Waals surface area contributed by atoms with Gasteiger partial charge < -0.3 is 15.5 Å². The molecule has 0 aromatic carbocycles. The van der Waals surface area contributed by atoms with Crippen molar-refractivity contribution < 1.29 is 0 Å². The van der Waals surface area contributed by atoms with Crippen molar-refractivity contribution >= 4 is 5.82 Å². The molecule has 2 N–H and O–H groups in total. The highest BCUT2D eigenvalue weighted by molar-refractivity contribution is 5.39. The molecule has 0 amide bonds. The van der Waals surface area contributed by atoms with E-state index in [1.807, 2.05) is 6.20 Å². The average Bonchev–Trinajstić information content (AvgIpc) is 2.69. The fourth-order valence-electron chi connectivity index (χ4n) is 2.68. The summed E-state index contributed by atoms with van der Waals surface area (Å²) in [5, 5.41) is 8.32. The minimum absolute atomic E-state index is 0.819. The summed E-state index contributed by atoms with van der Waals surface area (Å²) in [7, 11) is 0. The second-order valence-electron chi connectivity index (χ2n) is 5.62. The molecule has 5 nitrogen and oxygen atoms in total. The molecule has 1 saturated heterocycles. The van der Waals surface area contributed by atoms with Crippen molar-refractivity contribution in [1.82, 2.24) is 15.1 Å². The van der Waals surface area contributed by atoms with Gasteiger partial charge in [0.25, 0.3) is 0 Å². The summed E-state index contributed by atoms with van der Waals surface area (Å²) in [6.45, 7) is 8.54. The molecule has 1 aliphatic heterocycles. The lowest BCUT2D eigenvalue weighted by atomic mass is 10.2. The maximum atomic E-state index is 5.53. The van der Waals surface area contributed by atoms with Crippen LogP contribution in [0.25, 0.3) is 0 Å². The molecule has 0 bridgehead atoms. The van der Waals surface area contributed by atoms with E-state index in [1.165, 1.54) is 37.9 Å². The van der Waals surface area contributed by atoms with Crippen LogP contribution in [0, 0.1) is 6.92 Å². The van der Waals surface area contributed by atoms with Crippen LogP contribution in [0.1, 0.15) is 31.2 Å². The number of nitrogens with zero attached hydrogens (tertiary/aromatic N) is 4. The third kappa shape index (κ3) is 4.72. The van der Waals surface area contributed by atoms with E-state index in [9.17, 15) is 0 Å². The first kappa shape index (κ1) is 15.2. The van der Waals surface area contributed by atoms with Gasteiger partial charge in [-0.3, -0.25) is 0 Å². The topological polar surface area (TPSA) is 58.3 Å². The van der Waals surface area contributed by atoms with E-state index in [-0.39, 0.29) is 0 Å². The standard InChI is InChI=1S/C15H27N5/c1-14-12-15(18-17-13-14)20-9-5-8-19(10-11-20)7-4-2-3-6-16/h12-13H,2-11,16H2,1H3. The van der Waals surface area contributed by atoms with Crippen molar-refractivity contribution in [2.24, 2.45) is 5.73 Å². The Morgan fingerprint density at radius 1 is 1.15 bits per heavy atom. The Bertz CT molecular complexity index is 396. The van der Waals surface area contributed by atoms with Crippen molar-refractivity contribution in [3.63, 3.8) is 0 Å². The number of unbranched alkanes of at least 4 members (excludes halogenated alkanes) is 2. The predicted molar refractivity (Wildman–Crippen MR) is 82.9 cm³/mol. The van der Waals surface area contributed by atoms with Gasteiger partial charge in [0.05, 0.1) is 6.20 Å². The molecule has 0 radical (unpaired) electrons. The number of hydrogen-bond acceptors (Lipinski definition) is 5. The molecule has 0 saturated carbocycles. The predicted octanol–water partition coefficient (Wildman–Crippen LogP) is 1.43. The van der Waals surface area contributed by atoms with E-state index in [1.54, 1.807) is 0 Å². The highest BCUT2D eigenvalue weighted by atomic mass is 15.3. The van der Waals surface area contributed by atoms with Crippen molar-refractivity contribution in [2.45, 2.75) is 32.6 Å². The molecule has 0 unspecified atom stereocenters. The Balaban J connectivity index is 1.80. The Morgan fingerprint density at radius 2 is 2.05 bits per heavy atom. The smallest absolute Gasteiger partial charge is 0.151 e. The monoisotopic (exact) mass is 277 g/mol. The molecule has 2 rings (SSSR count). The molecule has 112 valence electrons. The Labute approximate surface area is 122 Å². The van der Waals surface area contributed by atoms with E-state index in [4.69, 9.17) is 5.73 Å². The zero-order valence-corrected chi connectivity index (χ0v) is 12.6. The molecule has 0 atom stereocenters. The number of nitrogens with two attached hydrogens (primary N) is 1. The van der Waals surface area contributed by atoms with Gasteiger partial charge in [0.15, 0.2) is 5.82 Å². The molecule has 1 aromatic heterocycles. The van der Waals surface area contributed by atoms with Crippen LogP contribution < -0.4 is 10.6 Å². The summed E-state index contributed by atoms with van der Waals surface area (Å²) < 4.78 is 0. The number of anilines is 1. The molecular weight excluding hydrogens is 250 g/mol. The van der Waals surface area contributed by atoms with Gasteiger partial charge in [-0.2, -0.15) is 5.10 Å². The fraction of sp³-hybridized carbons (Fsp3) is 0.733. The van der Waals surface area contributed by atoms with Crippen LogP contribution in [0.15, 0.2) is 12.3 Å². The van der Waals surface area contributed by atoms with Crippen molar-refractivity contribution in [2.75, 3.05) is 44.2 Å². The minimum Gasteiger partial charge on any atom is -0.354 e. The van der Waals surface area contributed by atoms with E-state index in [0.717, 1.165) is 38.4 Å². The quantitative estimate of drug-likeness (QED) is 0.797. The zero-order chi connectivity index (χ0) is 14.2. The fourth-order valence-corrected chi connectivity index (χ4v) is 2.68. The highest BCUT2D eigenvalue weighted by Crippen LogP contribution is 2.14. The molecule has 1 fully saturated rings. The summed E-state index contributed by atoms with van der Waals surface area (Å²) in [5.74, 6) is 1.02. The van der Waals surface area contributed by atoms with E-state index >= 15 is 0 Å². The lowest BCUT2D eigenvalue weighted by molar-refractivity contribution is 0.286. The maximum Gasteiger partial charge on any atom is 0.151 e. The molecule has 5 heteroatoms. The summed E-state index contributed by atoms with van der Waals surface area (Å²) in [5.41, 5.74) is 6.71. The third-order valence-electron chi connectivity index (χ3n) is 3.87. The highest BCUT2D eigenvalue weighted by Gasteiger charge is 2.15. The van der Waals surface area contributed by atoms with Crippen LogP contribution >= 0.6 is 0 Å². The number of hydrogen-bond donors (Lipinski definition) is 1. The molecule has 1 aliphatic rings. The van der Waals surface area contributed by atoms with Gasteiger partial charge in [0.1, 0.15) is 0 Å². The van der Waals surface area contributed by atoms with Crippen molar-refractivity contribution in [3.05, 3.63) is 17.8 Å². The third-order valence-corrected chi connectivity index (χ3v) is 3.87. The Morgan fingerprint density at radius 3 is 2.85 bits per heavy atom. The first-order valence-electron chi connectivity index (χ1n) is 7.76. The van der Waals surface area contributed by atoms with Crippen LogP contribution in [0.5, 0.6) is 0 Å². The molecule has 0 spiro atoms. The van der Waals surface area contributed by atoms with E-state index in [2.05, 4.69) is 33.0 Å². The molecular formula is C15H27N5. The van der Waals surface area contributed by atoms with Crippen LogP contribution in [0.2, 0.25) is 0 Å². The first-order valence-corrected chi connectivity index (χ1v) is 7.76. The lowest BCUT2D eigenvalue weighted by Gasteiger charge is -2.22. The van der Waals surface area contributed by atoms with Gasteiger partial charge in [-0.05, 0) is 57.5 Å². The van der Waals surface area contributed by atoms with Gasteiger partial charge >= 0.3 is 0 Å². The average molecular weight is 277 g/mol. The largest absolute Gasteiger partial charge is 0.354 e. The Hall–Kier alpha value is -1.20. The number of rotatable bonds is 6. The molecule has 0 aliphatic carbocycles. The number of aryl methyl sites for hydroxylation is 1. The first-order chi connectivity index (χ1) is 9.79. The van der Waals surface area contributed by atoms with Gasteiger partial charge in [-0.1, -0.05) is 6.42 Å². The van der Waals surface area contributed by atoms with Crippen molar-refractivity contribution in [3.8, 4) is 0 Å². The molecule has 1 aromatic rings. The lowest BCUT2D eigenvalue weighted by Crippen LogP contribution is -2.32. The van der Waals surface area contributed by atoms with Crippen molar-refractivity contribution in [1.29, 1.82) is 0 Å². The van der Waals surface area contributed by atoms with E-state index in [0.29, 0.717) is 0 Å². The maximum absolute atomic E-state index is 5.53. The Kier molecular flexibility index (Phi) is 6.21. The molecule has 20 heavy (non-hydrogen) atoms. The van der Waals surface area contributed by atoms with Gasteiger partial charge in [0.2, 0.25) is 0 Å². The second kappa shape index (κ2) is 8.17. The normalized spacial score (nSPS) is 17.2. The number of aromatic nitrogens is 2. The second-order valence-corrected chi connectivity index (χ2v) is 5.62. The van der Waals surface area contributed by atoms with Gasteiger partial charge in [-0.15, -0.1) is 5.10 Å². The van der Waals surface area contributed by atoms with Gasteiger partial charge in [0, 0.05) is 19.6 Å². The SMILES string of the molecule is Cc1cnnc(N2CCCN(CCCCCN)CC2)c1. The van der Waals surface area contributed by atoms with Crippen LogP contribution in [-0.2, 0) is 0 Å². The van der Waals surface area contributed by atoms with Gasteiger partial charge in [-0.25, -0.2) is 0 Å². The summed E-state index contributed by atoms with van der Waals surface area (Å²) in [6, 6.07) is 2.13. The van der Waals surface area contributed by atoms with Crippen LogP contribution in [0.3, 0.4) is 0 Å². The zero-order valence-electron chi connectivity index (χ0n) is 12.6. The summed E-state index contributed by atoms with van der Waals surface area (Å²) in [4.78, 5) is 4.93. The van der Waals surface area contributed by atoms with Crippen LogP contribution in [0.4, 0.5) is 5.82 Å².